The molecule has 1 rings (SSSR count). The van der Waals surface area contributed by atoms with E-state index in [1.165, 1.54) is 4.90 Å². The van der Waals surface area contributed by atoms with E-state index in [1.807, 2.05) is 20.8 Å². The second-order valence-corrected chi connectivity index (χ2v) is 6.04. The van der Waals surface area contributed by atoms with Crippen LogP contribution >= 0.6 is 11.6 Å². The van der Waals surface area contributed by atoms with Gasteiger partial charge in [-0.25, -0.2) is 0 Å². The maximum atomic E-state index is 12.2. The molecule has 1 aromatic rings. The van der Waals surface area contributed by atoms with Gasteiger partial charge >= 0.3 is 5.97 Å². The van der Waals surface area contributed by atoms with Gasteiger partial charge in [0, 0.05) is 17.1 Å². The van der Waals surface area contributed by atoms with Crippen molar-refractivity contribution in [3.63, 3.8) is 0 Å². The molecule has 0 aromatic heterocycles. The lowest BCUT2D eigenvalue weighted by atomic mass is 10.1. The molecule has 6 heteroatoms. The van der Waals surface area contributed by atoms with Crippen molar-refractivity contribution in [1.82, 2.24) is 4.90 Å². The summed E-state index contributed by atoms with van der Waals surface area (Å²) >= 11 is 5.84. The maximum Gasteiger partial charge on any atom is 0.305 e. The second kappa shape index (κ2) is 7.31. The molecule has 0 aliphatic rings. The average molecular weight is 314 g/mol. The number of ether oxygens (including phenoxy) is 1. The molecule has 0 radical (unpaired) electrons. The van der Waals surface area contributed by atoms with Crippen LogP contribution in [0.5, 0.6) is 5.75 Å². The first-order chi connectivity index (χ1) is 9.70. The Labute approximate surface area is 129 Å². The van der Waals surface area contributed by atoms with Gasteiger partial charge in [0.1, 0.15) is 5.75 Å². The van der Waals surface area contributed by atoms with Crippen LogP contribution in [0, 0.1) is 0 Å². The van der Waals surface area contributed by atoms with E-state index in [0.29, 0.717) is 10.8 Å². The fraction of sp³-hybridized carbons (Fsp3) is 0.467. The Morgan fingerprint density at radius 3 is 2.52 bits per heavy atom. The third-order valence-electron chi connectivity index (χ3n) is 2.82. The lowest BCUT2D eigenvalue weighted by Gasteiger charge is -2.35. The van der Waals surface area contributed by atoms with Crippen molar-refractivity contribution >= 4 is 23.5 Å². The van der Waals surface area contributed by atoms with Crippen molar-refractivity contribution in [2.75, 3.05) is 13.2 Å². The van der Waals surface area contributed by atoms with E-state index in [-0.39, 0.29) is 25.5 Å². The van der Waals surface area contributed by atoms with E-state index in [1.54, 1.807) is 24.3 Å². The standard InChI is InChI=1S/C15H20ClNO4/c1-15(2,3)17(8-7-14(19)20)13(18)10-21-12-6-4-5-11(16)9-12/h4-6,9H,7-8,10H2,1-3H3,(H,19,20). The third kappa shape index (κ3) is 6.04. The highest BCUT2D eigenvalue weighted by Gasteiger charge is 2.27. The van der Waals surface area contributed by atoms with E-state index in [4.69, 9.17) is 21.4 Å². The number of aliphatic carboxylic acids is 1. The SMILES string of the molecule is CC(C)(C)N(CCC(=O)O)C(=O)COc1cccc(Cl)c1. The molecule has 0 fully saturated rings. The van der Waals surface area contributed by atoms with Crippen molar-refractivity contribution in [3.05, 3.63) is 29.3 Å². The Balaban J connectivity index is 2.66. The number of hydrogen-bond acceptors (Lipinski definition) is 3. The molecule has 1 aromatic carbocycles. The first kappa shape index (κ1) is 17.3. The van der Waals surface area contributed by atoms with E-state index >= 15 is 0 Å². The molecule has 5 nitrogen and oxygen atoms in total. The minimum Gasteiger partial charge on any atom is -0.484 e. The summed E-state index contributed by atoms with van der Waals surface area (Å²) in [6, 6.07) is 6.77. The third-order valence-corrected chi connectivity index (χ3v) is 3.05. The fourth-order valence-corrected chi connectivity index (χ4v) is 2.00. The van der Waals surface area contributed by atoms with Gasteiger partial charge in [-0.15, -0.1) is 0 Å². The van der Waals surface area contributed by atoms with Crippen LogP contribution in [0.4, 0.5) is 0 Å². The first-order valence-corrected chi connectivity index (χ1v) is 6.98. The summed E-state index contributed by atoms with van der Waals surface area (Å²) in [6.45, 7) is 5.55. The summed E-state index contributed by atoms with van der Waals surface area (Å²) in [6.07, 6.45) is -0.0970. The number of halogens is 1. The molecule has 0 saturated carbocycles. The summed E-state index contributed by atoms with van der Waals surface area (Å²) in [5, 5.41) is 9.29. The number of carboxylic acid groups (broad SMARTS) is 1. The van der Waals surface area contributed by atoms with Crippen LogP contribution in [0.1, 0.15) is 27.2 Å². The maximum absolute atomic E-state index is 12.2. The molecule has 21 heavy (non-hydrogen) atoms. The van der Waals surface area contributed by atoms with Gasteiger partial charge in [0.05, 0.1) is 6.42 Å². The molecule has 116 valence electrons. The zero-order chi connectivity index (χ0) is 16.0. The van der Waals surface area contributed by atoms with Gasteiger partial charge in [0.15, 0.2) is 6.61 Å². The van der Waals surface area contributed by atoms with Gasteiger partial charge < -0.3 is 14.7 Å². The quantitative estimate of drug-likeness (QED) is 0.877. The van der Waals surface area contributed by atoms with Crippen LogP contribution in [0.15, 0.2) is 24.3 Å². The molecule has 0 saturated heterocycles. The lowest BCUT2D eigenvalue weighted by Crippen LogP contribution is -2.48. The minimum atomic E-state index is -0.937. The first-order valence-electron chi connectivity index (χ1n) is 6.61. The summed E-state index contributed by atoms with van der Waals surface area (Å²) in [7, 11) is 0. The largest absolute Gasteiger partial charge is 0.484 e. The zero-order valence-corrected chi connectivity index (χ0v) is 13.2. The average Bonchev–Trinajstić information content (AvgIpc) is 2.34. The summed E-state index contributed by atoms with van der Waals surface area (Å²) in [5.41, 5.74) is -0.468. The summed E-state index contributed by atoms with van der Waals surface area (Å²) < 4.78 is 5.41. The molecule has 0 aliphatic heterocycles. The Morgan fingerprint density at radius 2 is 2.00 bits per heavy atom. The molecular formula is C15H20ClNO4. The highest BCUT2D eigenvalue weighted by Crippen LogP contribution is 2.18. The molecule has 0 bridgehead atoms. The second-order valence-electron chi connectivity index (χ2n) is 5.61. The molecular weight excluding hydrogens is 294 g/mol. The molecule has 1 N–H and O–H groups in total. The fourth-order valence-electron chi connectivity index (χ4n) is 1.82. The van der Waals surface area contributed by atoms with Gasteiger partial charge in [-0.05, 0) is 39.0 Å². The van der Waals surface area contributed by atoms with E-state index in [0.717, 1.165) is 0 Å². The molecule has 0 atom stereocenters. The molecule has 0 heterocycles. The van der Waals surface area contributed by atoms with Crippen molar-refractivity contribution in [2.45, 2.75) is 32.7 Å². The topological polar surface area (TPSA) is 66.8 Å². The van der Waals surface area contributed by atoms with E-state index in [9.17, 15) is 9.59 Å². The van der Waals surface area contributed by atoms with Crippen molar-refractivity contribution in [3.8, 4) is 5.75 Å². The van der Waals surface area contributed by atoms with Gasteiger partial charge in [-0.1, -0.05) is 17.7 Å². The number of carbonyl (C=O) groups is 2. The molecule has 1 amide bonds. The van der Waals surface area contributed by atoms with Gasteiger partial charge in [0.25, 0.3) is 5.91 Å². The zero-order valence-electron chi connectivity index (χ0n) is 12.4. The lowest BCUT2D eigenvalue weighted by molar-refractivity contribution is -0.141. The number of rotatable bonds is 6. The van der Waals surface area contributed by atoms with Gasteiger partial charge in [0.2, 0.25) is 0 Å². The van der Waals surface area contributed by atoms with Crippen LogP contribution in [-0.4, -0.2) is 40.6 Å². The van der Waals surface area contributed by atoms with Crippen LogP contribution in [-0.2, 0) is 9.59 Å². The Bertz CT molecular complexity index is 511. The van der Waals surface area contributed by atoms with Crippen LogP contribution in [0.25, 0.3) is 0 Å². The predicted molar refractivity (Wildman–Crippen MR) is 80.7 cm³/mol. The smallest absolute Gasteiger partial charge is 0.305 e. The molecule has 0 aliphatic carbocycles. The number of carbonyl (C=O) groups excluding carboxylic acids is 1. The van der Waals surface area contributed by atoms with Crippen molar-refractivity contribution in [1.29, 1.82) is 0 Å². The van der Waals surface area contributed by atoms with Gasteiger partial charge in [-0.3, -0.25) is 9.59 Å². The summed E-state index contributed by atoms with van der Waals surface area (Å²) in [5.74, 6) is -0.695. The highest BCUT2D eigenvalue weighted by molar-refractivity contribution is 6.30. The Kier molecular flexibility index (Phi) is 6.03. The van der Waals surface area contributed by atoms with Crippen LogP contribution < -0.4 is 4.74 Å². The van der Waals surface area contributed by atoms with Crippen molar-refractivity contribution in [2.24, 2.45) is 0 Å². The monoisotopic (exact) mass is 313 g/mol. The molecule has 0 spiro atoms. The van der Waals surface area contributed by atoms with E-state index < -0.39 is 11.5 Å². The summed E-state index contributed by atoms with van der Waals surface area (Å²) in [4.78, 5) is 24.4. The normalized spacial score (nSPS) is 11.0. The Hall–Kier alpha value is -1.75. The predicted octanol–water partition coefficient (Wildman–Crippen LogP) is 2.82. The molecule has 0 unspecified atom stereocenters. The number of amides is 1. The number of nitrogens with zero attached hydrogens (tertiary/aromatic N) is 1. The van der Waals surface area contributed by atoms with E-state index in [2.05, 4.69) is 0 Å². The van der Waals surface area contributed by atoms with Crippen molar-refractivity contribution < 1.29 is 19.4 Å². The number of benzene rings is 1. The van der Waals surface area contributed by atoms with Gasteiger partial charge in [-0.2, -0.15) is 0 Å². The minimum absolute atomic E-state index is 0.0970. The number of hydrogen-bond donors (Lipinski definition) is 1. The van der Waals surface area contributed by atoms with Crippen LogP contribution in [0.3, 0.4) is 0 Å². The highest BCUT2D eigenvalue weighted by atomic mass is 35.5. The Morgan fingerprint density at radius 1 is 1.33 bits per heavy atom. The van der Waals surface area contributed by atoms with Crippen LogP contribution in [0.2, 0.25) is 5.02 Å². The number of carboxylic acids is 1.